The maximum absolute atomic E-state index is 12.1. The molecule has 0 atom stereocenters. The topological polar surface area (TPSA) is 121 Å². The maximum Gasteiger partial charge on any atom is 0.224 e. The molecule has 0 spiro atoms. The monoisotopic (exact) mass is 392 g/mol. The van der Waals surface area contributed by atoms with Gasteiger partial charge >= 0.3 is 0 Å². The second-order valence-corrected chi connectivity index (χ2v) is 8.41. The molecule has 0 unspecified atom stereocenters. The first-order valence-corrected chi connectivity index (χ1v) is 10.3. The Bertz CT molecular complexity index is 909. The number of hydrogen-bond acceptors (Lipinski definition) is 7. The van der Waals surface area contributed by atoms with Crippen molar-refractivity contribution < 1.29 is 18.3 Å². The van der Waals surface area contributed by atoms with Crippen LogP contribution in [0, 0.1) is 13.8 Å². The summed E-state index contributed by atoms with van der Waals surface area (Å²) in [5.74, 6) is -0.0418. The summed E-state index contributed by atoms with van der Waals surface area (Å²) >= 11 is 0. The second-order valence-electron chi connectivity index (χ2n) is 6.14. The Morgan fingerprint density at radius 1 is 1.15 bits per heavy atom. The lowest BCUT2D eigenvalue weighted by Gasteiger charge is -2.10. The van der Waals surface area contributed by atoms with Gasteiger partial charge < -0.3 is 15.7 Å². The van der Waals surface area contributed by atoms with E-state index >= 15 is 0 Å². The van der Waals surface area contributed by atoms with Crippen molar-refractivity contribution in [2.75, 3.05) is 22.9 Å². The number of anilines is 2. The fraction of sp³-hybridized carbons (Fsp3) is 0.389. The third-order valence-corrected chi connectivity index (χ3v) is 5.56. The minimum atomic E-state index is -3.42. The van der Waals surface area contributed by atoms with Gasteiger partial charge in [0, 0.05) is 24.4 Å². The maximum atomic E-state index is 12.1. The minimum Gasteiger partial charge on any atom is -0.506 e. The molecule has 146 valence electrons. The summed E-state index contributed by atoms with van der Waals surface area (Å²) in [5, 5.41) is 15.5. The number of carbonyl (C=O) groups excluding carboxylic acids is 1. The molecule has 1 heterocycles. The lowest BCUT2D eigenvalue weighted by Crippen LogP contribution is -2.15. The highest BCUT2D eigenvalue weighted by Gasteiger charge is 2.15. The molecule has 3 N–H and O–H groups in total. The predicted octanol–water partition coefficient (Wildman–Crippen LogP) is 2.42. The first-order chi connectivity index (χ1) is 12.7. The normalized spacial score (nSPS) is 11.2. The number of benzene rings is 1. The van der Waals surface area contributed by atoms with E-state index in [0.29, 0.717) is 18.9 Å². The Balaban J connectivity index is 1.89. The lowest BCUT2D eigenvalue weighted by atomic mass is 10.2. The number of nitrogens with one attached hydrogen (secondary N) is 2. The Hall–Kier alpha value is -2.68. The van der Waals surface area contributed by atoms with Gasteiger partial charge in [-0.2, -0.15) is 0 Å². The fourth-order valence-electron chi connectivity index (χ4n) is 2.44. The number of aryl methyl sites for hydroxylation is 2. The van der Waals surface area contributed by atoms with Gasteiger partial charge in [0.15, 0.2) is 9.84 Å². The summed E-state index contributed by atoms with van der Waals surface area (Å²) in [5.41, 5.74) is 1.81. The zero-order chi connectivity index (χ0) is 20.0. The Morgan fingerprint density at radius 2 is 1.81 bits per heavy atom. The van der Waals surface area contributed by atoms with E-state index in [-0.39, 0.29) is 34.4 Å². The van der Waals surface area contributed by atoms with Crippen LogP contribution in [0.4, 0.5) is 11.6 Å². The molecule has 2 rings (SSSR count). The summed E-state index contributed by atoms with van der Waals surface area (Å²) in [4.78, 5) is 20.7. The average Bonchev–Trinajstić information content (AvgIpc) is 2.59. The van der Waals surface area contributed by atoms with Crippen LogP contribution in [0.3, 0.4) is 0 Å². The summed E-state index contributed by atoms with van der Waals surface area (Å²) in [6, 6.07) is 5.72. The van der Waals surface area contributed by atoms with Crippen molar-refractivity contribution in [2.45, 2.75) is 38.5 Å². The third kappa shape index (κ3) is 5.92. The molecule has 0 saturated carbocycles. The molecular formula is C18H24N4O4S. The van der Waals surface area contributed by atoms with E-state index in [2.05, 4.69) is 20.6 Å². The van der Waals surface area contributed by atoms with Crippen LogP contribution in [0.15, 0.2) is 29.2 Å². The summed E-state index contributed by atoms with van der Waals surface area (Å²) in [6.45, 7) is 5.80. The van der Waals surface area contributed by atoms with Crippen molar-refractivity contribution in [3.8, 4) is 5.75 Å². The zero-order valence-corrected chi connectivity index (χ0v) is 16.4. The quantitative estimate of drug-likeness (QED) is 0.466. The van der Waals surface area contributed by atoms with Gasteiger partial charge in [0.1, 0.15) is 5.75 Å². The Kier molecular flexibility index (Phi) is 6.73. The smallest absolute Gasteiger partial charge is 0.224 e. The molecule has 1 aromatic carbocycles. The van der Waals surface area contributed by atoms with Crippen molar-refractivity contribution >= 4 is 27.4 Å². The average molecular weight is 392 g/mol. The number of aromatic nitrogens is 2. The summed E-state index contributed by atoms with van der Waals surface area (Å²) in [6.07, 6.45) is 0.720. The molecule has 0 fully saturated rings. The van der Waals surface area contributed by atoms with Crippen molar-refractivity contribution in [1.82, 2.24) is 9.97 Å². The van der Waals surface area contributed by atoms with Crippen molar-refractivity contribution in [1.29, 1.82) is 0 Å². The van der Waals surface area contributed by atoms with E-state index in [1.165, 1.54) is 25.1 Å². The molecule has 0 bridgehead atoms. The SMILES string of the molecule is CCS(=O)(=O)c1ccc(O)c(NC(=O)CCCNc2nc(C)cc(C)n2)c1. The molecule has 0 aliphatic carbocycles. The van der Waals surface area contributed by atoms with Crippen molar-refractivity contribution in [3.63, 3.8) is 0 Å². The minimum absolute atomic E-state index is 0.0582. The van der Waals surface area contributed by atoms with Gasteiger partial charge in [-0.25, -0.2) is 18.4 Å². The highest BCUT2D eigenvalue weighted by atomic mass is 32.2. The van der Waals surface area contributed by atoms with Crippen molar-refractivity contribution in [3.05, 3.63) is 35.7 Å². The fourth-order valence-corrected chi connectivity index (χ4v) is 3.35. The highest BCUT2D eigenvalue weighted by molar-refractivity contribution is 7.91. The largest absolute Gasteiger partial charge is 0.506 e. The van der Waals surface area contributed by atoms with Gasteiger partial charge in [0.05, 0.1) is 16.3 Å². The molecule has 8 nitrogen and oxygen atoms in total. The van der Waals surface area contributed by atoms with E-state index < -0.39 is 9.84 Å². The van der Waals surface area contributed by atoms with Gasteiger partial charge in [-0.05, 0) is 44.5 Å². The molecule has 27 heavy (non-hydrogen) atoms. The molecule has 9 heteroatoms. The van der Waals surface area contributed by atoms with Gasteiger partial charge in [-0.1, -0.05) is 6.92 Å². The lowest BCUT2D eigenvalue weighted by molar-refractivity contribution is -0.116. The van der Waals surface area contributed by atoms with Crippen LogP contribution in [0.25, 0.3) is 0 Å². The number of amides is 1. The van der Waals surface area contributed by atoms with E-state index in [1.54, 1.807) is 0 Å². The summed E-state index contributed by atoms with van der Waals surface area (Å²) < 4.78 is 23.9. The molecule has 0 aliphatic rings. The number of nitrogens with zero attached hydrogens (tertiary/aromatic N) is 2. The third-order valence-electron chi connectivity index (χ3n) is 3.83. The van der Waals surface area contributed by atoms with Crippen LogP contribution in [-0.2, 0) is 14.6 Å². The number of phenols is 1. The van der Waals surface area contributed by atoms with Gasteiger partial charge in [-0.15, -0.1) is 0 Å². The first kappa shape index (κ1) is 20.6. The van der Waals surface area contributed by atoms with E-state index in [9.17, 15) is 18.3 Å². The predicted molar refractivity (Wildman–Crippen MR) is 104 cm³/mol. The number of rotatable bonds is 8. The van der Waals surface area contributed by atoms with Gasteiger partial charge in [0.2, 0.25) is 11.9 Å². The van der Waals surface area contributed by atoms with Crippen LogP contribution >= 0.6 is 0 Å². The molecule has 0 saturated heterocycles. The van der Waals surface area contributed by atoms with Crippen LogP contribution in [0.2, 0.25) is 0 Å². The van der Waals surface area contributed by atoms with Gasteiger partial charge in [0.25, 0.3) is 0 Å². The molecular weight excluding hydrogens is 368 g/mol. The molecule has 1 amide bonds. The van der Waals surface area contributed by atoms with Crippen LogP contribution in [0.5, 0.6) is 5.75 Å². The second kappa shape index (κ2) is 8.81. The number of sulfone groups is 1. The van der Waals surface area contributed by atoms with Crippen LogP contribution < -0.4 is 10.6 Å². The number of carbonyl (C=O) groups is 1. The molecule has 0 radical (unpaired) electrons. The summed E-state index contributed by atoms with van der Waals surface area (Å²) in [7, 11) is -3.42. The Labute approximate surface area is 159 Å². The van der Waals surface area contributed by atoms with E-state index in [4.69, 9.17) is 0 Å². The van der Waals surface area contributed by atoms with E-state index in [0.717, 1.165) is 11.4 Å². The number of aromatic hydroxyl groups is 1. The Morgan fingerprint density at radius 3 is 2.44 bits per heavy atom. The standard InChI is InChI=1S/C18H24N4O4S/c1-4-27(25,26)14-7-8-16(23)15(11-14)22-17(24)6-5-9-19-18-20-12(2)10-13(3)21-18/h7-8,10-11,23H,4-6,9H2,1-3H3,(H,22,24)(H,19,20,21). The van der Waals surface area contributed by atoms with Crippen molar-refractivity contribution in [2.24, 2.45) is 0 Å². The van der Waals surface area contributed by atoms with E-state index in [1.807, 2.05) is 19.9 Å². The molecule has 2 aromatic rings. The first-order valence-electron chi connectivity index (χ1n) is 8.63. The van der Waals surface area contributed by atoms with Crippen LogP contribution in [0.1, 0.15) is 31.2 Å². The number of phenolic OH excluding ortho intramolecular Hbond substituents is 1. The van der Waals surface area contributed by atoms with Gasteiger partial charge in [-0.3, -0.25) is 4.79 Å². The highest BCUT2D eigenvalue weighted by Crippen LogP contribution is 2.27. The molecule has 0 aliphatic heterocycles. The van der Waals surface area contributed by atoms with Crippen LogP contribution in [-0.4, -0.2) is 41.7 Å². The zero-order valence-electron chi connectivity index (χ0n) is 15.6. The molecule has 1 aromatic heterocycles. The number of hydrogen-bond donors (Lipinski definition) is 3.